The third-order valence-corrected chi connectivity index (χ3v) is 12.2. The van der Waals surface area contributed by atoms with Crippen molar-refractivity contribution in [2.24, 2.45) is 0 Å². The van der Waals surface area contributed by atoms with Crippen LogP contribution < -0.4 is 0 Å². The zero-order chi connectivity index (χ0) is 41.4. The standard InChI is InChI=1S/C57H34N4O2/c1-4-14-35(15-5-1)55-58-56(36-16-6-2-7-17-36)60-57(59-55)40-19-12-18-39(32-40)42-23-13-25-50-52(42)46-34-38(27-30-49(46)63-50)37-26-29-47-45(33-37)43-28-31-51-53(44-22-10-11-24-48(44)62-51)54(43)61(47)41-20-8-3-9-21-41/h1-34H. The Labute approximate surface area is 361 Å². The lowest BCUT2D eigenvalue weighted by Gasteiger charge is -2.10. The summed E-state index contributed by atoms with van der Waals surface area (Å²) in [6.07, 6.45) is 0. The van der Waals surface area contributed by atoms with E-state index in [9.17, 15) is 0 Å². The summed E-state index contributed by atoms with van der Waals surface area (Å²) in [5, 5.41) is 6.71. The summed E-state index contributed by atoms with van der Waals surface area (Å²) in [4.78, 5) is 14.9. The van der Waals surface area contributed by atoms with Crippen LogP contribution in [0.4, 0.5) is 0 Å². The molecule has 0 aliphatic carbocycles. The summed E-state index contributed by atoms with van der Waals surface area (Å²) >= 11 is 0. The number of hydrogen-bond acceptors (Lipinski definition) is 5. The lowest BCUT2D eigenvalue weighted by atomic mass is 9.96. The summed E-state index contributed by atoms with van der Waals surface area (Å²) in [5.41, 5.74) is 13.9. The van der Waals surface area contributed by atoms with Crippen molar-refractivity contribution in [3.63, 3.8) is 0 Å². The second kappa shape index (κ2) is 14.0. The van der Waals surface area contributed by atoms with Crippen LogP contribution in [0.3, 0.4) is 0 Å². The van der Waals surface area contributed by atoms with Crippen molar-refractivity contribution in [2.75, 3.05) is 0 Å². The van der Waals surface area contributed by atoms with Gasteiger partial charge in [-0.05, 0) is 89.0 Å². The Bertz CT molecular complexity index is 3850. The average Bonchev–Trinajstić information content (AvgIpc) is 4.04. The molecule has 0 unspecified atom stereocenters. The molecule has 13 aromatic rings. The second-order valence-corrected chi connectivity index (χ2v) is 15.9. The molecule has 0 atom stereocenters. The molecule has 0 aliphatic rings. The first kappa shape index (κ1) is 35.2. The second-order valence-electron chi connectivity index (χ2n) is 15.9. The molecule has 0 N–H and O–H groups in total. The topological polar surface area (TPSA) is 69.9 Å². The quantitative estimate of drug-likeness (QED) is 0.167. The molecule has 63 heavy (non-hydrogen) atoms. The van der Waals surface area contributed by atoms with Crippen LogP contribution >= 0.6 is 0 Å². The molecule has 0 aliphatic heterocycles. The normalized spacial score (nSPS) is 11.8. The molecular weight excluding hydrogens is 773 g/mol. The SMILES string of the molecule is c1ccc(-c2nc(-c3ccccc3)nc(-c3cccc(-c4cccc5oc6ccc(-c7ccc8c(c7)c7ccc9oc%10ccccc%10c9c7n8-c7ccccc7)cc6c45)c3)n2)cc1. The highest BCUT2D eigenvalue weighted by Gasteiger charge is 2.21. The third kappa shape index (κ3) is 5.69. The van der Waals surface area contributed by atoms with Crippen LogP contribution in [0.5, 0.6) is 0 Å². The van der Waals surface area contributed by atoms with Crippen molar-refractivity contribution in [1.82, 2.24) is 19.5 Å². The number of para-hydroxylation sites is 2. The van der Waals surface area contributed by atoms with E-state index in [0.29, 0.717) is 17.5 Å². The minimum Gasteiger partial charge on any atom is -0.456 e. The molecule has 9 aromatic carbocycles. The molecule has 4 heterocycles. The fraction of sp³-hybridized carbons (Fsp3) is 0. The Balaban J connectivity index is 0.961. The summed E-state index contributed by atoms with van der Waals surface area (Å²) in [6, 6.07) is 71.5. The van der Waals surface area contributed by atoms with Crippen molar-refractivity contribution in [2.45, 2.75) is 0 Å². The van der Waals surface area contributed by atoms with Gasteiger partial charge in [-0.2, -0.15) is 0 Å². The first-order valence-electron chi connectivity index (χ1n) is 21.1. The van der Waals surface area contributed by atoms with Crippen LogP contribution in [-0.4, -0.2) is 19.5 Å². The van der Waals surface area contributed by atoms with Crippen molar-refractivity contribution in [3.05, 3.63) is 206 Å². The third-order valence-electron chi connectivity index (χ3n) is 12.2. The molecule has 6 nitrogen and oxygen atoms in total. The van der Waals surface area contributed by atoms with E-state index < -0.39 is 0 Å². The molecule has 294 valence electrons. The monoisotopic (exact) mass is 806 g/mol. The molecule has 4 aromatic heterocycles. The molecule has 6 heteroatoms. The molecule has 13 rings (SSSR count). The van der Waals surface area contributed by atoms with Crippen LogP contribution in [-0.2, 0) is 0 Å². The van der Waals surface area contributed by atoms with Gasteiger partial charge in [0.2, 0.25) is 0 Å². The van der Waals surface area contributed by atoms with Crippen LogP contribution in [0.1, 0.15) is 0 Å². The maximum Gasteiger partial charge on any atom is 0.164 e. The summed E-state index contributed by atoms with van der Waals surface area (Å²) in [5.74, 6) is 1.87. The highest BCUT2D eigenvalue weighted by molar-refractivity contribution is 6.25. The van der Waals surface area contributed by atoms with Crippen LogP contribution in [0.25, 0.3) is 128 Å². The van der Waals surface area contributed by atoms with Gasteiger partial charge in [0.05, 0.1) is 16.4 Å². The van der Waals surface area contributed by atoms with Gasteiger partial charge in [0.1, 0.15) is 22.3 Å². The summed E-state index contributed by atoms with van der Waals surface area (Å²) in [7, 11) is 0. The highest BCUT2D eigenvalue weighted by atomic mass is 16.3. The molecule has 0 spiro atoms. The zero-order valence-corrected chi connectivity index (χ0v) is 33.7. The lowest BCUT2D eigenvalue weighted by Crippen LogP contribution is -2.00. The molecule has 0 saturated heterocycles. The average molecular weight is 807 g/mol. The van der Waals surface area contributed by atoms with Gasteiger partial charge in [-0.25, -0.2) is 15.0 Å². The Hall–Kier alpha value is -8.61. The molecule has 0 fully saturated rings. The molecule has 0 bridgehead atoms. The molecular formula is C57H34N4O2. The fourth-order valence-corrected chi connectivity index (χ4v) is 9.35. The van der Waals surface area contributed by atoms with Gasteiger partial charge < -0.3 is 13.4 Å². The maximum atomic E-state index is 6.55. The van der Waals surface area contributed by atoms with Gasteiger partial charge in [0.15, 0.2) is 17.5 Å². The summed E-state index contributed by atoms with van der Waals surface area (Å²) < 4.78 is 15.3. The Kier molecular flexibility index (Phi) is 7.80. The van der Waals surface area contributed by atoms with Gasteiger partial charge >= 0.3 is 0 Å². The smallest absolute Gasteiger partial charge is 0.164 e. The van der Waals surface area contributed by atoms with E-state index >= 15 is 0 Å². The zero-order valence-electron chi connectivity index (χ0n) is 33.7. The van der Waals surface area contributed by atoms with Crippen LogP contribution in [0.2, 0.25) is 0 Å². The fourth-order valence-electron chi connectivity index (χ4n) is 9.35. The van der Waals surface area contributed by atoms with Gasteiger partial charge in [0.25, 0.3) is 0 Å². The minimum absolute atomic E-state index is 0.613. The summed E-state index contributed by atoms with van der Waals surface area (Å²) in [6.45, 7) is 0. The maximum absolute atomic E-state index is 6.55. The number of hydrogen-bond donors (Lipinski definition) is 0. The van der Waals surface area contributed by atoms with Crippen molar-refractivity contribution < 1.29 is 8.83 Å². The van der Waals surface area contributed by atoms with Crippen LogP contribution in [0.15, 0.2) is 215 Å². The number of nitrogens with zero attached hydrogens (tertiary/aromatic N) is 4. The van der Waals surface area contributed by atoms with Gasteiger partial charge in [0, 0.05) is 49.3 Å². The van der Waals surface area contributed by atoms with Gasteiger partial charge in [-0.1, -0.05) is 140 Å². The van der Waals surface area contributed by atoms with E-state index in [4.69, 9.17) is 23.8 Å². The van der Waals surface area contributed by atoms with E-state index in [1.807, 2.05) is 72.8 Å². The Morgan fingerprint density at radius 2 is 0.857 bits per heavy atom. The predicted octanol–water partition coefficient (Wildman–Crippen LogP) is 15.1. The number of fused-ring (bicyclic) bond motifs is 10. The van der Waals surface area contributed by atoms with Gasteiger partial charge in [-0.3, -0.25) is 0 Å². The molecule has 0 saturated carbocycles. The highest BCUT2D eigenvalue weighted by Crippen LogP contribution is 2.43. The van der Waals surface area contributed by atoms with Crippen molar-refractivity contribution >= 4 is 65.7 Å². The number of furan rings is 2. The molecule has 0 amide bonds. The first-order valence-corrected chi connectivity index (χ1v) is 21.1. The number of benzene rings is 9. The van der Waals surface area contributed by atoms with E-state index in [1.165, 1.54) is 10.8 Å². The number of aromatic nitrogens is 4. The van der Waals surface area contributed by atoms with E-state index in [0.717, 1.165) is 99.5 Å². The molecule has 0 radical (unpaired) electrons. The van der Waals surface area contributed by atoms with E-state index in [1.54, 1.807) is 0 Å². The van der Waals surface area contributed by atoms with Crippen molar-refractivity contribution in [1.29, 1.82) is 0 Å². The Morgan fingerprint density at radius 3 is 1.60 bits per heavy atom. The minimum atomic E-state index is 0.613. The number of rotatable bonds is 6. The van der Waals surface area contributed by atoms with Crippen molar-refractivity contribution in [3.8, 4) is 62.1 Å². The van der Waals surface area contributed by atoms with Crippen LogP contribution in [0, 0.1) is 0 Å². The predicted molar refractivity (Wildman–Crippen MR) is 256 cm³/mol. The van der Waals surface area contributed by atoms with E-state index in [-0.39, 0.29) is 0 Å². The largest absolute Gasteiger partial charge is 0.456 e. The first-order chi connectivity index (χ1) is 31.2. The van der Waals surface area contributed by atoms with E-state index in [2.05, 4.69) is 138 Å². The lowest BCUT2D eigenvalue weighted by molar-refractivity contribution is 0.668. The Morgan fingerprint density at radius 1 is 0.317 bits per heavy atom. The van der Waals surface area contributed by atoms with Gasteiger partial charge in [-0.15, -0.1) is 0 Å².